The maximum Gasteiger partial charge on any atom is 0.338 e. The molecule has 0 unspecified atom stereocenters. The van der Waals surface area contributed by atoms with Crippen LogP contribution in [0.5, 0.6) is 0 Å². The summed E-state index contributed by atoms with van der Waals surface area (Å²) in [5.41, 5.74) is 2.39. The molecule has 0 spiro atoms. The lowest BCUT2D eigenvalue weighted by molar-refractivity contribution is 0.0526. The average Bonchev–Trinajstić information content (AvgIpc) is 2.60. The van der Waals surface area contributed by atoms with Gasteiger partial charge in [0, 0.05) is 25.3 Å². The number of carbonyl (C=O) groups excluding carboxylic acids is 1. The first kappa shape index (κ1) is 21.6. The highest BCUT2D eigenvalue weighted by atomic mass is 32.1. The first-order valence-electron chi connectivity index (χ1n) is 9.94. The van der Waals surface area contributed by atoms with Crippen molar-refractivity contribution in [3.05, 3.63) is 29.3 Å². The third kappa shape index (κ3) is 7.11. The molecular formula is C21H33N3O2S. The molecule has 6 heteroatoms. The predicted octanol–water partition coefficient (Wildman–Crippen LogP) is 3.83. The second-order valence-electron chi connectivity index (χ2n) is 7.69. The van der Waals surface area contributed by atoms with Crippen LogP contribution in [0.2, 0.25) is 0 Å². The van der Waals surface area contributed by atoms with Crippen molar-refractivity contribution in [2.45, 2.75) is 40.5 Å². The summed E-state index contributed by atoms with van der Waals surface area (Å²) in [5, 5.41) is 7.05. The molecule has 5 nitrogen and oxygen atoms in total. The fraction of sp³-hybridized carbons (Fsp3) is 0.619. The molecule has 2 N–H and O–H groups in total. The van der Waals surface area contributed by atoms with Gasteiger partial charge in [-0.05, 0) is 75.0 Å². The summed E-state index contributed by atoms with van der Waals surface area (Å²) < 4.78 is 5.06. The first-order valence-corrected chi connectivity index (χ1v) is 10.3. The van der Waals surface area contributed by atoms with Crippen molar-refractivity contribution in [3.63, 3.8) is 0 Å². The molecule has 27 heavy (non-hydrogen) atoms. The predicted molar refractivity (Wildman–Crippen MR) is 115 cm³/mol. The Morgan fingerprint density at radius 1 is 1.30 bits per heavy atom. The van der Waals surface area contributed by atoms with Gasteiger partial charge in [-0.3, -0.25) is 0 Å². The zero-order valence-corrected chi connectivity index (χ0v) is 17.8. The number of nitrogens with zero attached hydrogens (tertiary/aromatic N) is 1. The van der Waals surface area contributed by atoms with Gasteiger partial charge in [0.2, 0.25) is 0 Å². The van der Waals surface area contributed by atoms with Crippen molar-refractivity contribution in [2.75, 3.05) is 38.1 Å². The molecule has 1 aromatic rings. The summed E-state index contributed by atoms with van der Waals surface area (Å²) in [6.45, 7) is 13.2. The van der Waals surface area contributed by atoms with E-state index in [1.807, 2.05) is 13.0 Å². The normalized spacial score (nSPS) is 20.1. The minimum absolute atomic E-state index is 0.315. The number of likely N-dealkylation sites (tertiary alicyclic amines) is 1. The Labute approximate surface area is 168 Å². The Balaban J connectivity index is 1.77. The molecule has 150 valence electrons. The number of esters is 1. The number of ether oxygens (including phenoxy) is 1. The third-order valence-corrected chi connectivity index (χ3v) is 5.12. The average molecular weight is 392 g/mol. The van der Waals surface area contributed by atoms with E-state index in [1.165, 1.54) is 19.5 Å². The van der Waals surface area contributed by atoms with Crippen LogP contribution in [-0.4, -0.2) is 48.8 Å². The van der Waals surface area contributed by atoms with Crippen molar-refractivity contribution in [1.82, 2.24) is 10.2 Å². The Kier molecular flexibility index (Phi) is 8.51. The Bertz CT molecular complexity index is 640. The zero-order valence-electron chi connectivity index (χ0n) is 17.0. The first-order chi connectivity index (χ1) is 12.9. The highest BCUT2D eigenvalue weighted by Crippen LogP contribution is 2.21. The van der Waals surface area contributed by atoms with Crippen LogP contribution in [0.1, 0.15) is 49.5 Å². The molecule has 1 fully saturated rings. The fourth-order valence-corrected chi connectivity index (χ4v) is 3.96. The zero-order chi connectivity index (χ0) is 19.8. The quantitative estimate of drug-likeness (QED) is 0.419. The Morgan fingerprint density at radius 2 is 2.00 bits per heavy atom. The van der Waals surface area contributed by atoms with Crippen LogP contribution in [0, 0.1) is 18.8 Å². The van der Waals surface area contributed by atoms with Crippen molar-refractivity contribution >= 4 is 29.0 Å². The van der Waals surface area contributed by atoms with E-state index >= 15 is 0 Å². The summed E-state index contributed by atoms with van der Waals surface area (Å²) >= 11 is 5.41. The van der Waals surface area contributed by atoms with Gasteiger partial charge in [-0.1, -0.05) is 19.9 Å². The molecule has 1 heterocycles. The summed E-state index contributed by atoms with van der Waals surface area (Å²) in [4.78, 5) is 14.5. The molecule has 1 saturated heterocycles. The van der Waals surface area contributed by atoms with E-state index in [0.29, 0.717) is 17.3 Å². The summed E-state index contributed by atoms with van der Waals surface area (Å²) in [6.07, 6.45) is 2.40. The van der Waals surface area contributed by atoms with Crippen molar-refractivity contribution in [1.29, 1.82) is 0 Å². The molecule has 0 amide bonds. The number of carbonyl (C=O) groups is 1. The molecular weight excluding hydrogens is 358 g/mol. The maximum atomic E-state index is 11.9. The van der Waals surface area contributed by atoms with Gasteiger partial charge in [-0.25, -0.2) is 4.79 Å². The van der Waals surface area contributed by atoms with Crippen LogP contribution >= 0.6 is 12.2 Å². The van der Waals surface area contributed by atoms with Gasteiger partial charge < -0.3 is 20.3 Å². The van der Waals surface area contributed by atoms with E-state index in [2.05, 4.69) is 29.4 Å². The fourth-order valence-electron chi connectivity index (χ4n) is 3.74. The van der Waals surface area contributed by atoms with E-state index in [4.69, 9.17) is 17.0 Å². The number of anilines is 1. The lowest BCUT2D eigenvalue weighted by Gasteiger charge is -2.35. The molecule has 0 bridgehead atoms. The van der Waals surface area contributed by atoms with Crippen LogP contribution in [0.4, 0.5) is 5.69 Å². The highest BCUT2D eigenvalue weighted by molar-refractivity contribution is 7.80. The van der Waals surface area contributed by atoms with Crippen molar-refractivity contribution < 1.29 is 9.53 Å². The third-order valence-electron chi connectivity index (χ3n) is 4.88. The second kappa shape index (κ2) is 10.6. The number of thiocarbonyl (C=S) groups is 1. The van der Waals surface area contributed by atoms with Gasteiger partial charge in [-0.15, -0.1) is 0 Å². The Hall–Kier alpha value is -1.66. The topological polar surface area (TPSA) is 53.6 Å². The molecule has 2 atom stereocenters. The Morgan fingerprint density at radius 3 is 2.67 bits per heavy atom. The minimum Gasteiger partial charge on any atom is -0.462 e. The SMILES string of the molecule is CCOC(=O)c1ccc(C)c(NC(=S)NCCCN2C[C@H](C)C[C@H](C)C2)c1. The minimum atomic E-state index is -0.315. The van der Waals surface area contributed by atoms with Crippen LogP contribution < -0.4 is 10.6 Å². The second-order valence-corrected chi connectivity index (χ2v) is 8.10. The number of aryl methyl sites for hydroxylation is 1. The molecule has 0 aromatic heterocycles. The number of hydrogen-bond donors (Lipinski definition) is 2. The van der Waals surface area contributed by atoms with Gasteiger partial charge >= 0.3 is 5.97 Å². The summed E-state index contributed by atoms with van der Waals surface area (Å²) in [5.74, 6) is 1.27. The number of piperidine rings is 1. The molecule has 2 rings (SSSR count). The lowest BCUT2D eigenvalue weighted by Crippen LogP contribution is -2.40. The molecule has 0 radical (unpaired) electrons. The number of nitrogens with one attached hydrogen (secondary N) is 2. The maximum absolute atomic E-state index is 11.9. The molecule has 0 aliphatic carbocycles. The highest BCUT2D eigenvalue weighted by Gasteiger charge is 2.21. The van der Waals surface area contributed by atoms with E-state index in [9.17, 15) is 4.79 Å². The summed E-state index contributed by atoms with van der Waals surface area (Å²) in [7, 11) is 0. The van der Waals surface area contributed by atoms with Crippen LogP contribution in [-0.2, 0) is 4.74 Å². The van der Waals surface area contributed by atoms with E-state index < -0.39 is 0 Å². The van der Waals surface area contributed by atoms with Crippen LogP contribution in [0.15, 0.2) is 18.2 Å². The van der Waals surface area contributed by atoms with Crippen molar-refractivity contribution in [3.8, 4) is 0 Å². The lowest BCUT2D eigenvalue weighted by atomic mass is 9.92. The van der Waals surface area contributed by atoms with Gasteiger partial charge in [0.15, 0.2) is 5.11 Å². The number of benzene rings is 1. The molecule has 1 aliphatic heterocycles. The van der Waals surface area contributed by atoms with Gasteiger partial charge in [0.25, 0.3) is 0 Å². The molecule has 0 saturated carbocycles. The van der Waals surface area contributed by atoms with Gasteiger partial charge in [-0.2, -0.15) is 0 Å². The van der Waals surface area contributed by atoms with Gasteiger partial charge in [0.1, 0.15) is 0 Å². The van der Waals surface area contributed by atoms with E-state index in [-0.39, 0.29) is 5.97 Å². The van der Waals surface area contributed by atoms with Crippen LogP contribution in [0.25, 0.3) is 0 Å². The molecule has 1 aromatic carbocycles. The van der Waals surface area contributed by atoms with Gasteiger partial charge in [0.05, 0.1) is 12.2 Å². The standard InChI is InChI=1S/C21H33N3O2S/c1-5-26-20(25)18-8-7-17(4)19(12-18)23-21(27)22-9-6-10-24-13-15(2)11-16(3)14-24/h7-8,12,15-16H,5-6,9-11,13-14H2,1-4H3,(H2,22,23,27)/t15-,16+. The summed E-state index contributed by atoms with van der Waals surface area (Å²) in [6, 6.07) is 5.46. The number of hydrogen-bond acceptors (Lipinski definition) is 4. The largest absolute Gasteiger partial charge is 0.462 e. The van der Waals surface area contributed by atoms with E-state index in [1.54, 1.807) is 19.1 Å². The monoisotopic (exact) mass is 391 g/mol. The van der Waals surface area contributed by atoms with Crippen molar-refractivity contribution in [2.24, 2.45) is 11.8 Å². The number of rotatable bonds is 7. The van der Waals surface area contributed by atoms with Crippen LogP contribution in [0.3, 0.4) is 0 Å². The smallest absolute Gasteiger partial charge is 0.338 e. The molecule has 1 aliphatic rings. The van der Waals surface area contributed by atoms with E-state index in [0.717, 1.165) is 42.6 Å².